The van der Waals surface area contributed by atoms with Crippen LogP contribution in [0, 0.1) is 5.82 Å². The number of halogens is 2. The van der Waals surface area contributed by atoms with Gasteiger partial charge in [0.15, 0.2) is 12.4 Å². The molecule has 5 heteroatoms. The maximum Gasteiger partial charge on any atom is 0.200 e. The van der Waals surface area contributed by atoms with Crippen molar-refractivity contribution in [2.75, 3.05) is 13.2 Å². The smallest absolute Gasteiger partial charge is 0.200 e. The van der Waals surface area contributed by atoms with Gasteiger partial charge >= 0.3 is 0 Å². The molecule has 0 unspecified atom stereocenters. The minimum Gasteiger partial charge on any atom is -0.494 e. The van der Waals surface area contributed by atoms with Gasteiger partial charge in [0.2, 0.25) is 0 Å². The summed E-state index contributed by atoms with van der Waals surface area (Å²) >= 11 is 5.57. The quantitative estimate of drug-likeness (QED) is 0.752. The van der Waals surface area contributed by atoms with Crippen LogP contribution in [-0.4, -0.2) is 19.0 Å². The Hall–Kier alpha value is -2.07. The number of ether oxygens (including phenoxy) is 2. The minimum atomic E-state index is -0.581. The van der Waals surface area contributed by atoms with Crippen LogP contribution in [0.25, 0.3) is 0 Å². The molecule has 0 spiro atoms. The zero-order valence-electron chi connectivity index (χ0n) is 11.4. The maximum absolute atomic E-state index is 13.2. The van der Waals surface area contributed by atoms with Crippen molar-refractivity contribution in [3.8, 4) is 11.5 Å². The summed E-state index contributed by atoms with van der Waals surface area (Å²) in [7, 11) is 0. The van der Waals surface area contributed by atoms with E-state index in [2.05, 4.69) is 0 Å². The molecule has 0 bridgehead atoms. The first-order valence-electron chi connectivity index (χ1n) is 6.44. The molecule has 0 aliphatic rings. The molecule has 0 amide bonds. The fourth-order valence-corrected chi connectivity index (χ4v) is 1.82. The average Bonchev–Trinajstić information content (AvgIpc) is 2.49. The molecule has 21 heavy (non-hydrogen) atoms. The second kappa shape index (κ2) is 7.09. The second-order valence-corrected chi connectivity index (χ2v) is 4.65. The molecule has 0 radical (unpaired) electrons. The summed E-state index contributed by atoms with van der Waals surface area (Å²) in [5, 5.41) is 0.0141. The number of ketones is 1. The molecule has 0 fully saturated rings. The van der Waals surface area contributed by atoms with E-state index in [1.807, 2.05) is 6.92 Å². The van der Waals surface area contributed by atoms with Crippen molar-refractivity contribution in [3.05, 3.63) is 58.9 Å². The van der Waals surface area contributed by atoms with Gasteiger partial charge in [-0.15, -0.1) is 0 Å². The van der Waals surface area contributed by atoms with Gasteiger partial charge in [0.05, 0.1) is 11.6 Å². The molecular formula is C16H14ClFO3. The highest BCUT2D eigenvalue weighted by molar-refractivity contribution is 6.30. The summed E-state index contributed by atoms with van der Waals surface area (Å²) in [4.78, 5) is 12.0. The highest BCUT2D eigenvalue weighted by Crippen LogP contribution is 2.20. The largest absolute Gasteiger partial charge is 0.494 e. The second-order valence-electron chi connectivity index (χ2n) is 4.25. The van der Waals surface area contributed by atoms with Gasteiger partial charge < -0.3 is 9.47 Å². The molecule has 0 aliphatic carbocycles. The van der Waals surface area contributed by atoms with Crippen LogP contribution in [0.3, 0.4) is 0 Å². The monoisotopic (exact) mass is 308 g/mol. The van der Waals surface area contributed by atoms with E-state index in [1.54, 1.807) is 24.3 Å². The Balaban J connectivity index is 1.96. The van der Waals surface area contributed by atoms with E-state index in [1.165, 1.54) is 12.1 Å². The van der Waals surface area contributed by atoms with Crippen LogP contribution in [0.5, 0.6) is 11.5 Å². The highest BCUT2D eigenvalue weighted by atomic mass is 35.5. The molecule has 110 valence electrons. The predicted octanol–water partition coefficient (Wildman–Crippen LogP) is 4.14. The van der Waals surface area contributed by atoms with E-state index in [-0.39, 0.29) is 23.2 Å². The summed E-state index contributed by atoms with van der Waals surface area (Å²) in [5.41, 5.74) is 0.507. The number of hydrogen-bond acceptors (Lipinski definition) is 3. The number of benzene rings is 2. The van der Waals surface area contributed by atoms with E-state index < -0.39 is 5.82 Å². The van der Waals surface area contributed by atoms with Gasteiger partial charge in [-0.05, 0) is 43.3 Å². The molecule has 2 rings (SSSR count). The Morgan fingerprint density at radius 1 is 1.10 bits per heavy atom. The Labute approximate surface area is 127 Å². The number of carbonyl (C=O) groups is 1. The van der Waals surface area contributed by atoms with Gasteiger partial charge in [-0.3, -0.25) is 4.79 Å². The number of carbonyl (C=O) groups excluding carboxylic acids is 1. The van der Waals surface area contributed by atoms with E-state index in [0.29, 0.717) is 17.9 Å². The molecule has 0 aliphatic heterocycles. The Bertz CT molecular complexity index is 626. The Morgan fingerprint density at radius 3 is 2.38 bits per heavy atom. The van der Waals surface area contributed by atoms with Gasteiger partial charge in [0.25, 0.3) is 0 Å². The summed E-state index contributed by atoms with van der Waals surface area (Å²) < 4.78 is 23.8. The molecule has 2 aromatic rings. The summed E-state index contributed by atoms with van der Waals surface area (Å²) in [5.74, 6) is 0.182. The first-order valence-corrected chi connectivity index (χ1v) is 6.82. The molecule has 3 nitrogen and oxygen atoms in total. The van der Waals surface area contributed by atoms with Crippen molar-refractivity contribution in [3.63, 3.8) is 0 Å². The number of Topliss-reactive ketones (excluding diaryl/α,β-unsaturated/α-hetero) is 1. The molecule has 0 atom stereocenters. The normalized spacial score (nSPS) is 10.2. The zero-order valence-corrected chi connectivity index (χ0v) is 12.2. The fraction of sp³-hybridized carbons (Fsp3) is 0.188. The van der Waals surface area contributed by atoms with E-state index in [9.17, 15) is 9.18 Å². The van der Waals surface area contributed by atoms with E-state index in [4.69, 9.17) is 21.1 Å². The molecule has 0 N–H and O–H groups in total. The van der Waals surface area contributed by atoms with Crippen molar-refractivity contribution in [2.24, 2.45) is 0 Å². The Kier molecular flexibility index (Phi) is 5.17. The number of hydrogen-bond donors (Lipinski definition) is 0. The van der Waals surface area contributed by atoms with Crippen molar-refractivity contribution < 1.29 is 18.7 Å². The van der Waals surface area contributed by atoms with E-state index >= 15 is 0 Å². The molecule has 0 saturated heterocycles. The van der Waals surface area contributed by atoms with Gasteiger partial charge in [-0.25, -0.2) is 4.39 Å². The summed E-state index contributed by atoms with van der Waals surface area (Å²) in [6.07, 6.45) is 0. The third-order valence-electron chi connectivity index (χ3n) is 2.75. The van der Waals surface area contributed by atoms with Gasteiger partial charge in [-0.1, -0.05) is 11.6 Å². The molecule has 0 saturated carbocycles. The maximum atomic E-state index is 13.2. The van der Waals surface area contributed by atoms with Gasteiger partial charge in [0, 0.05) is 11.6 Å². The lowest BCUT2D eigenvalue weighted by Gasteiger charge is -2.07. The molecule has 0 aromatic heterocycles. The van der Waals surface area contributed by atoms with Gasteiger partial charge in [0.1, 0.15) is 17.3 Å². The lowest BCUT2D eigenvalue weighted by atomic mass is 10.1. The van der Waals surface area contributed by atoms with Crippen LogP contribution in [0.15, 0.2) is 42.5 Å². The lowest BCUT2D eigenvalue weighted by Crippen LogP contribution is -2.11. The third kappa shape index (κ3) is 4.20. The fourth-order valence-electron chi connectivity index (χ4n) is 1.70. The topological polar surface area (TPSA) is 35.5 Å². The van der Waals surface area contributed by atoms with Crippen LogP contribution >= 0.6 is 11.6 Å². The van der Waals surface area contributed by atoms with Crippen molar-refractivity contribution >= 4 is 17.4 Å². The van der Waals surface area contributed by atoms with Crippen LogP contribution in [0.2, 0.25) is 5.02 Å². The lowest BCUT2D eigenvalue weighted by molar-refractivity contribution is 0.0921. The molecule has 0 heterocycles. The molecular weight excluding hydrogens is 295 g/mol. The standard InChI is InChI=1S/C16H14ClFO3/c1-2-20-12-5-3-11(4-6-12)16(19)10-21-13-7-8-14(17)15(18)9-13/h3-9H,2,10H2,1H3. The zero-order chi connectivity index (χ0) is 15.2. The van der Waals surface area contributed by atoms with Gasteiger partial charge in [-0.2, -0.15) is 0 Å². The van der Waals surface area contributed by atoms with E-state index in [0.717, 1.165) is 6.07 Å². The van der Waals surface area contributed by atoms with Crippen molar-refractivity contribution in [2.45, 2.75) is 6.92 Å². The number of rotatable bonds is 6. The predicted molar refractivity (Wildman–Crippen MR) is 78.8 cm³/mol. The van der Waals surface area contributed by atoms with Crippen molar-refractivity contribution in [1.29, 1.82) is 0 Å². The average molecular weight is 309 g/mol. The van der Waals surface area contributed by atoms with Crippen molar-refractivity contribution in [1.82, 2.24) is 0 Å². The third-order valence-corrected chi connectivity index (χ3v) is 3.05. The first-order chi connectivity index (χ1) is 10.1. The van der Waals surface area contributed by atoms with Crippen LogP contribution in [-0.2, 0) is 0 Å². The summed E-state index contributed by atoms with van der Waals surface area (Å²) in [6.45, 7) is 2.28. The Morgan fingerprint density at radius 2 is 1.76 bits per heavy atom. The minimum absolute atomic E-state index is 0.0141. The van der Waals surface area contributed by atoms with Crippen LogP contribution in [0.4, 0.5) is 4.39 Å². The highest BCUT2D eigenvalue weighted by Gasteiger charge is 2.08. The van der Waals surface area contributed by atoms with Crippen LogP contribution in [0.1, 0.15) is 17.3 Å². The SMILES string of the molecule is CCOc1ccc(C(=O)COc2ccc(Cl)c(F)c2)cc1. The molecule has 2 aromatic carbocycles. The van der Waals surface area contributed by atoms with Crippen LogP contribution < -0.4 is 9.47 Å². The first kappa shape index (κ1) is 15.3. The summed E-state index contributed by atoms with van der Waals surface area (Å²) in [6, 6.07) is 10.8.